The second kappa shape index (κ2) is 6.60. The Balaban J connectivity index is 2.55. The van der Waals surface area contributed by atoms with E-state index in [9.17, 15) is 4.39 Å². The Bertz CT molecular complexity index is 652. The Morgan fingerprint density at radius 3 is 2.35 bits per heavy atom. The lowest BCUT2D eigenvalue weighted by Gasteiger charge is -2.19. The van der Waals surface area contributed by atoms with Crippen molar-refractivity contribution in [3.63, 3.8) is 0 Å². The molecule has 2 aromatic rings. The summed E-state index contributed by atoms with van der Waals surface area (Å²) in [6.07, 6.45) is 0. The van der Waals surface area contributed by atoms with E-state index in [1.54, 1.807) is 30.3 Å². The summed E-state index contributed by atoms with van der Waals surface area (Å²) in [5.41, 5.74) is 3.44. The van der Waals surface area contributed by atoms with Crippen molar-refractivity contribution in [1.29, 1.82) is 0 Å². The van der Waals surface area contributed by atoms with Gasteiger partial charge in [-0.2, -0.15) is 0 Å². The first-order valence-electron chi connectivity index (χ1n) is 5.50. The van der Waals surface area contributed by atoms with Gasteiger partial charge in [-0.1, -0.05) is 46.9 Å². The van der Waals surface area contributed by atoms with Gasteiger partial charge in [-0.3, -0.25) is 5.84 Å². The maximum atomic E-state index is 14.3. The molecule has 0 spiro atoms. The number of benzene rings is 2. The van der Waals surface area contributed by atoms with Crippen molar-refractivity contribution >= 4 is 50.7 Å². The van der Waals surface area contributed by atoms with E-state index in [4.69, 9.17) is 40.6 Å². The fraction of sp³-hybridized carbons (Fsp3) is 0.0769. The molecule has 0 aliphatic carbocycles. The average Bonchev–Trinajstić information content (AvgIpc) is 2.41. The van der Waals surface area contributed by atoms with Crippen LogP contribution in [0, 0.1) is 5.82 Å². The van der Waals surface area contributed by atoms with E-state index < -0.39 is 11.9 Å². The number of rotatable bonds is 3. The molecule has 0 aromatic heterocycles. The highest BCUT2D eigenvalue weighted by atomic mass is 79.9. The van der Waals surface area contributed by atoms with Crippen molar-refractivity contribution in [2.24, 2.45) is 5.84 Å². The first-order chi connectivity index (χ1) is 9.45. The van der Waals surface area contributed by atoms with Gasteiger partial charge in [0, 0.05) is 20.1 Å². The fourth-order valence-electron chi connectivity index (χ4n) is 1.85. The molecule has 0 radical (unpaired) electrons. The largest absolute Gasteiger partial charge is 0.271 e. The third kappa shape index (κ3) is 3.11. The molecule has 20 heavy (non-hydrogen) atoms. The summed E-state index contributed by atoms with van der Waals surface area (Å²) in [4.78, 5) is 0. The van der Waals surface area contributed by atoms with Crippen molar-refractivity contribution in [3.8, 4) is 0 Å². The van der Waals surface area contributed by atoms with Gasteiger partial charge in [0.25, 0.3) is 0 Å². The smallest absolute Gasteiger partial charge is 0.148 e. The van der Waals surface area contributed by atoms with Gasteiger partial charge >= 0.3 is 0 Å². The van der Waals surface area contributed by atoms with Crippen LogP contribution in [0.1, 0.15) is 17.2 Å². The molecule has 0 heterocycles. The Labute approximate surface area is 139 Å². The van der Waals surface area contributed by atoms with Crippen molar-refractivity contribution in [2.75, 3.05) is 0 Å². The Hall–Kier alpha value is -0.360. The molecule has 2 aromatic carbocycles. The molecule has 0 aliphatic heterocycles. The van der Waals surface area contributed by atoms with Crippen LogP contribution in [0.5, 0.6) is 0 Å². The molecule has 2 nitrogen and oxygen atoms in total. The molecule has 0 bridgehead atoms. The summed E-state index contributed by atoms with van der Waals surface area (Å²) in [5, 5.41) is 0.871. The summed E-state index contributed by atoms with van der Waals surface area (Å²) >= 11 is 21.0. The molecular formula is C13H9BrCl3FN2. The summed E-state index contributed by atoms with van der Waals surface area (Å²) < 4.78 is 14.7. The Morgan fingerprint density at radius 2 is 1.75 bits per heavy atom. The molecule has 0 saturated carbocycles. The van der Waals surface area contributed by atoms with Crippen LogP contribution < -0.4 is 11.3 Å². The molecule has 7 heteroatoms. The second-order valence-corrected chi connectivity index (χ2v) is 6.11. The molecule has 3 N–H and O–H groups in total. The van der Waals surface area contributed by atoms with Crippen molar-refractivity contribution in [2.45, 2.75) is 6.04 Å². The SMILES string of the molecule is NNC(c1ccc(Cl)cc1Cl)c1ccc(Br)c(Cl)c1F. The second-order valence-electron chi connectivity index (χ2n) is 4.03. The van der Waals surface area contributed by atoms with Crippen molar-refractivity contribution < 1.29 is 4.39 Å². The first kappa shape index (κ1) is 16.0. The van der Waals surface area contributed by atoms with E-state index in [0.717, 1.165) is 0 Å². The molecule has 1 unspecified atom stereocenters. The number of hydrazine groups is 1. The lowest BCUT2D eigenvalue weighted by atomic mass is 9.99. The van der Waals surface area contributed by atoms with Gasteiger partial charge in [-0.25, -0.2) is 9.82 Å². The maximum Gasteiger partial charge on any atom is 0.148 e. The fourth-order valence-corrected chi connectivity index (χ4v) is 2.84. The van der Waals surface area contributed by atoms with Gasteiger partial charge in [-0.05, 0) is 39.7 Å². The van der Waals surface area contributed by atoms with Gasteiger partial charge in [0.2, 0.25) is 0 Å². The van der Waals surface area contributed by atoms with Crippen LogP contribution in [0.4, 0.5) is 4.39 Å². The molecule has 106 valence electrons. The van der Waals surface area contributed by atoms with Crippen LogP contribution in [-0.4, -0.2) is 0 Å². The molecule has 0 saturated heterocycles. The van der Waals surface area contributed by atoms with Gasteiger partial charge in [0.1, 0.15) is 5.82 Å². The summed E-state index contributed by atoms with van der Waals surface area (Å²) in [6.45, 7) is 0. The van der Waals surface area contributed by atoms with Crippen molar-refractivity contribution in [1.82, 2.24) is 5.43 Å². The summed E-state index contributed by atoms with van der Waals surface area (Å²) in [5.74, 6) is 4.98. The van der Waals surface area contributed by atoms with Crippen molar-refractivity contribution in [3.05, 3.63) is 66.8 Å². The molecular weight excluding hydrogens is 389 g/mol. The zero-order chi connectivity index (χ0) is 14.9. The Kier molecular flexibility index (Phi) is 5.29. The maximum absolute atomic E-state index is 14.3. The van der Waals surface area contributed by atoms with E-state index >= 15 is 0 Å². The van der Waals surface area contributed by atoms with Crippen LogP contribution in [-0.2, 0) is 0 Å². The van der Waals surface area contributed by atoms with E-state index in [-0.39, 0.29) is 5.02 Å². The number of nitrogens with two attached hydrogens (primary N) is 1. The predicted octanol–water partition coefficient (Wildman–Crippen LogP) is 5.10. The standard InChI is InChI=1S/C13H9BrCl3FN2/c14-9-4-3-8(12(18)11(9)17)13(20-19)7-2-1-6(15)5-10(7)16/h1-5,13,20H,19H2. The van der Waals surface area contributed by atoms with Crippen LogP contribution in [0.15, 0.2) is 34.8 Å². The van der Waals surface area contributed by atoms with Gasteiger partial charge in [-0.15, -0.1) is 0 Å². The van der Waals surface area contributed by atoms with Gasteiger partial charge in [0.15, 0.2) is 0 Å². The van der Waals surface area contributed by atoms with Crippen LogP contribution in [0.2, 0.25) is 15.1 Å². The zero-order valence-corrected chi connectivity index (χ0v) is 13.8. The lowest BCUT2D eigenvalue weighted by Crippen LogP contribution is -2.29. The minimum Gasteiger partial charge on any atom is -0.271 e. The lowest BCUT2D eigenvalue weighted by molar-refractivity contribution is 0.560. The Morgan fingerprint density at radius 1 is 1.10 bits per heavy atom. The molecule has 0 fully saturated rings. The first-order valence-corrected chi connectivity index (χ1v) is 7.43. The average molecular weight is 398 g/mol. The third-order valence-electron chi connectivity index (χ3n) is 2.82. The molecule has 1 atom stereocenters. The summed E-state index contributed by atoms with van der Waals surface area (Å²) in [6, 6.07) is 7.51. The van der Waals surface area contributed by atoms with Crippen LogP contribution in [0.25, 0.3) is 0 Å². The normalized spacial score (nSPS) is 12.5. The van der Waals surface area contributed by atoms with E-state index in [2.05, 4.69) is 21.4 Å². The highest BCUT2D eigenvalue weighted by Gasteiger charge is 2.21. The molecule has 0 aliphatic rings. The van der Waals surface area contributed by atoms with Crippen LogP contribution >= 0.6 is 50.7 Å². The van der Waals surface area contributed by atoms with Crippen LogP contribution in [0.3, 0.4) is 0 Å². The van der Waals surface area contributed by atoms with E-state index in [1.807, 2.05) is 0 Å². The number of nitrogens with one attached hydrogen (secondary N) is 1. The van der Waals surface area contributed by atoms with E-state index in [0.29, 0.717) is 25.6 Å². The monoisotopic (exact) mass is 396 g/mol. The minimum absolute atomic E-state index is 0.00663. The van der Waals surface area contributed by atoms with E-state index in [1.165, 1.54) is 0 Å². The predicted molar refractivity (Wildman–Crippen MR) is 84.7 cm³/mol. The summed E-state index contributed by atoms with van der Waals surface area (Å²) in [7, 11) is 0. The quantitative estimate of drug-likeness (QED) is 0.429. The minimum atomic E-state index is -0.634. The third-order valence-corrected chi connectivity index (χ3v) is 4.64. The number of halogens is 5. The molecule has 0 amide bonds. The topological polar surface area (TPSA) is 38.0 Å². The molecule has 2 rings (SSSR count). The van der Waals surface area contributed by atoms with Gasteiger partial charge in [0.05, 0.1) is 11.1 Å². The highest BCUT2D eigenvalue weighted by Crippen LogP contribution is 2.35. The number of hydrogen-bond donors (Lipinski definition) is 2. The highest BCUT2D eigenvalue weighted by molar-refractivity contribution is 9.10. The van der Waals surface area contributed by atoms with Gasteiger partial charge < -0.3 is 0 Å². The zero-order valence-electron chi connectivity index (χ0n) is 9.93. The number of hydrogen-bond acceptors (Lipinski definition) is 2.